The van der Waals surface area contributed by atoms with Gasteiger partial charge in [0.25, 0.3) is 0 Å². The number of rotatable bonds is 6. The van der Waals surface area contributed by atoms with Crippen LogP contribution in [0.15, 0.2) is 249 Å². The van der Waals surface area contributed by atoms with E-state index in [1.807, 2.05) is 0 Å². The second-order valence-corrected chi connectivity index (χ2v) is 17.1. The summed E-state index contributed by atoms with van der Waals surface area (Å²) >= 11 is 0. The van der Waals surface area contributed by atoms with E-state index < -0.39 is 10.8 Å². The van der Waals surface area contributed by atoms with Crippen LogP contribution >= 0.6 is 0 Å². The summed E-state index contributed by atoms with van der Waals surface area (Å²) < 4.78 is 6.89. The molecule has 0 amide bonds. The maximum atomic E-state index is 6.89. The van der Waals surface area contributed by atoms with E-state index in [0.29, 0.717) is 0 Å². The van der Waals surface area contributed by atoms with E-state index in [9.17, 15) is 0 Å². The molecule has 0 aromatic heterocycles. The van der Waals surface area contributed by atoms with Crippen LogP contribution in [0.5, 0.6) is 11.5 Å². The summed E-state index contributed by atoms with van der Waals surface area (Å²) in [6.45, 7) is 0. The van der Waals surface area contributed by atoms with Crippen molar-refractivity contribution < 1.29 is 4.74 Å². The minimum atomic E-state index is -0.660. The van der Waals surface area contributed by atoms with Crippen molar-refractivity contribution in [3.05, 3.63) is 293 Å². The molecule has 10 aromatic rings. The molecule has 2 aliphatic carbocycles. The van der Waals surface area contributed by atoms with Crippen LogP contribution in [0.2, 0.25) is 0 Å². The molecule has 300 valence electrons. The third kappa shape index (κ3) is 5.08. The first kappa shape index (κ1) is 36.5. The van der Waals surface area contributed by atoms with Crippen molar-refractivity contribution >= 4 is 17.1 Å². The van der Waals surface area contributed by atoms with Gasteiger partial charge in [-0.25, -0.2) is 0 Å². The zero-order chi connectivity index (χ0) is 42.2. The van der Waals surface area contributed by atoms with Gasteiger partial charge < -0.3 is 9.64 Å². The number of hydrogen-bond acceptors (Lipinski definition) is 2. The summed E-state index contributed by atoms with van der Waals surface area (Å²) in [4.78, 5) is 2.44. The zero-order valence-corrected chi connectivity index (χ0v) is 35.0. The minimum absolute atomic E-state index is 0.471. The second kappa shape index (κ2) is 14.2. The first-order chi connectivity index (χ1) is 31.7. The predicted molar refractivity (Wildman–Crippen MR) is 261 cm³/mol. The van der Waals surface area contributed by atoms with Gasteiger partial charge in [0.2, 0.25) is 0 Å². The quantitative estimate of drug-likeness (QED) is 0.166. The lowest BCUT2D eigenvalue weighted by Crippen LogP contribution is -2.34. The molecule has 10 aromatic carbocycles. The minimum Gasteiger partial charge on any atom is -0.457 e. The van der Waals surface area contributed by atoms with E-state index in [0.717, 1.165) is 39.7 Å². The Morgan fingerprint density at radius 3 is 1.25 bits per heavy atom. The molecular weight excluding hydrogens is 775 g/mol. The van der Waals surface area contributed by atoms with Crippen LogP contribution in [0, 0.1) is 0 Å². The molecule has 1 aliphatic heterocycles. The standard InChI is InChI=1S/C62H41NO/c1-4-18-42(19-5-1)43-32-34-46(35-33-43)63(47-36-38-52-51-26-12-15-29-55(51)62(57(52)40-47)53-27-13-10-24-49(53)50-25-11-14-28-54(50)62)48-37-39-60-58(41-48)61(44-20-6-2-7-21-44,45-22-8-3-9-23-45)56-30-16-17-31-59(56)64-60/h1-41H. The van der Waals surface area contributed by atoms with Crippen LogP contribution < -0.4 is 9.64 Å². The van der Waals surface area contributed by atoms with E-state index in [1.165, 1.54) is 66.8 Å². The lowest BCUT2D eigenvalue weighted by atomic mass is 9.63. The highest BCUT2D eigenvalue weighted by atomic mass is 16.5. The number of hydrogen-bond donors (Lipinski definition) is 0. The summed E-state index contributed by atoms with van der Waals surface area (Å²) in [6, 6.07) is 91.2. The summed E-state index contributed by atoms with van der Waals surface area (Å²) in [5, 5.41) is 0. The average Bonchev–Trinajstić information content (AvgIpc) is 3.84. The van der Waals surface area contributed by atoms with Gasteiger partial charge in [-0.15, -0.1) is 0 Å². The number of fused-ring (bicyclic) bond motifs is 12. The molecule has 2 heteroatoms. The van der Waals surface area contributed by atoms with Crippen molar-refractivity contribution in [3.63, 3.8) is 0 Å². The van der Waals surface area contributed by atoms with Crippen molar-refractivity contribution in [3.8, 4) is 44.9 Å². The molecule has 0 atom stereocenters. The van der Waals surface area contributed by atoms with Crippen molar-refractivity contribution in [1.29, 1.82) is 0 Å². The lowest BCUT2D eigenvalue weighted by Gasteiger charge is -2.42. The maximum Gasteiger partial charge on any atom is 0.132 e. The lowest BCUT2D eigenvalue weighted by molar-refractivity contribution is 0.434. The summed E-state index contributed by atoms with van der Waals surface area (Å²) in [7, 11) is 0. The van der Waals surface area contributed by atoms with Gasteiger partial charge in [-0.2, -0.15) is 0 Å². The van der Waals surface area contributed by atoms with Gasteiger partial charge in [0.15, 0.2) is 0 Å². The molecule has 64 heavy (non-hydrogen) atoms. The highest BCUT2D eigenvalue weighted by molar-refractivity contribution is 5.96. The molecule has 13 rings (SSSR count). The van der Waals surface area contributed by atoms with Crippen LogP contribution in [0.4, 0.5) is 17.1 Å². The first-order valence-electron chi connectivity index (χ1n) is 22.2. The average molecular weight is 816 g/mol. The van der Waals surface area contributed by atoms with Gasteiger partial charge >= 0.3 is 0 Å². The fourth-order valence-corrected chi connectivity index (χ4v) is 11.4. The Hall–Kier alpha value is -8.20. The van der Waals surface area contributed by atoms with E-state index in [-0.39, 0.29) is 0 Å². The van der Waals surface area contributed by atoms with Gasteiger partial charge in [0.1, 0.15) is 11.5 Å². The number of benzene rings is 10. The van der Waals surface area contributed by atoms with Crippen LogP contribution in [0.25, 0.3) is 33.4 Å². The molecule has 0 radical (unpaired) electrons. The molecular formula is C62H41NO. The van der Waals surface area contributed by atoms with Crippen molar-refractivity contribution in [2.45, 2.75) is 10.8 Å². The predicted octanol–water partition coefficient (Wildman–Crippen LogP) is 15.7. The third-order valence-corrected chi connectivity index (χ3v) is 14.0. The van der Waals surface area contributed by atoms with Gasteiger partial charge in [0, 0.05) is 28.2 Å². The Morgan fingerprint density at radius 1 is 0.266 bits per heavy atom. The maximum absolute atomic E-state index is 6.89. The van der Waals surface area contributed by atoms with Crippen LogP contribution in [0.1, 0.15) is 44.5 Å². The van der Waals surface area contributed by atoms with E-state index in [1.54, 1.807) is 0 Å². The largest absolute Gasteiger partial charge is 0.457 e. The van der Waals surface area contributed by atoms with Gasteiger partial charge in [-0.3, -0.25) is 0 Å². The molecule has 1 heterocycles. The Kier molecular flexibility index (Phi) is 8.07. The molecule has 0 unspecified atom stereocenters. The molecule has 0 N–H and O–H groups in total. The molecule has 3 aliphatic rings. The van der Waals surface area contributed by atoms with Crippen LogP contribution in [-0.4, -0.2) is 0 Å². The Balaban J connectivity index is 1.08. The summed E-state index contributed by atoms with van der Waals surface area (Å²) in [6.07, 6.45) is 0. The number of nitrogens with zero attached hydrogens (tertiary/aromatic N) is 1. The fraction of sp³-hybridized carbons (Fsp3) is 0.0323. The molecule has 2 nitrogen and oxygen atoms in total. The number of para-hydroxylation sites is 1. The molecule has 1 spiro atoms. The fourth-order valence-electron chi connectivity index (χ4n) is 11.4. The highest BCUT2D eigenvalue weighted by Gasteiger charge is 2.52. The van der Waals surface area contributed by atoms with E-state index in [4.69, 9.17) is 4.74 Å². The Bertz CT molecular complexity index is 3310. The summed E-state index contributed by atoms with van der Waals surface area (Å²) in [5.74, 6) is 1.71. The molecule has 0 fully saturated rings. The van der Waals surface area contributed by atoms with Gasteiger partial charge in [-0.05, 0) is 115 Å². The molecule has 0 saturated carbocycles. The third-order valence-electron chi connectivity index (χ3n) is 14.0. The van der Waals surface area contributed by atoms with Crippen molar-refractivity contribution in [2.24, 2.45) is 0 Å². The van der Waals surface area contributed by atoms with Crippen LogP contribution in [-0.2, 0) is 10.8 Å². The van der Waals surface area contributed by atoms with Crippen LogP contribution in [0.3, 0.4) is 0 Å². The second-order valence-electron chi connectivity index (χ2n) is 17.1. The van der Waals surface area contributed by atoms with Crippen molar-refractivity contribution in [1.82, 2.24) is 0 Å². The molecule has 0 saturated heterocycles. The number of anilines is 3. The smallest absolute Gasteiger partial charge is 0.132 e. The van der Waals surface area contributed by atoms with Gasteiger partial charge in [-0.1, -0.05) is 200 Å². The SMILES string of the molecule is c1ccc(-c2ccc(N(c3ccc4c(c3)C(c3ccccc3)(c3ccccc3)c3ccccc3O4)c3ccc4c(c3)C3(c5ccccc5-c5ccccc53)c3ccccc3-4)cc2)cc1. The number of ether oxygens (including phenoxy) is 1. The first-order valence-corrected chi connectivity index (χ1v) is 22.2. The highest BCUT2D eigenvalue weighted by Crippen LogP contribution is 2.64. The van der Waals surface area contributed by atoms with Crippen molar-refractivity contribution in [2.75, 3.05) is 4.90 Å². The zero-order valence-electron chi connectivity index (χ0n) is 35.0. The van der Waals surface area contributed by atoms with E-state index in [2.05, 4.69) is 254 Å². The van der Waals surface area contributed by atoms with Gasteiger partial charge in [0.05, 0.1) is 10.8 Å². The Labute approximate surface area is 374 Å². The summed E-state index contributed by atoms with van der Waals surface area (Å²) in [5.41, 5.74) is 19.5. The topological polar surface area (TPSA) is 12.5 Å². The molecule has 0 bridgehead atoms. The monoisotopic (exact) mass is 815 g/mol. The normalized spacial score (nSPS) is 14.0. The Morgan fingerprint density at radius 2 is 0.672 bits per heavy atom. The van der Waals surface area contributed by atoms with E-state index >= 15 is 0 Å².